The van der Waals surface area contributed by atoms with E-state index in [0.717, 1.165) is 11.3 Å². The van der Waals surface area contributed by atoms with Crippen LogP contribution in [0.2, 0.25) is 0 Å². The molecule has 0 bridgehead atoms. The van der Waals surface area contributed by atoms with Crippen molar-refractivity contribution in [3.63, 3.8) is 0 Å². The van der Waals surface area contributed by atoms with Crippen LogP contribution in [0, 0.1) is 0 Å². The summed E-state index contributed by atoms with van der Waals surface area (Å²) < 4.78 is 0. The van der Waals surface area contributed by atoms with Crippen LogP contribution in [0.1, 0.15) is 19.3 Å². The molecule has 3 heteroatoms. The van der Waals surface area contributed by atoms with Gasteiger partial charge in [-0.2, -0.15) is 11.8 Å². The highest BCUT2D eigenvalue weighted by molar-refractivity contribution is 8.00. The number of thioether (sulfide) groups is 1. The lowest BCUT2D eigenvalue weighted by molar-refractivity contribution is 0.382. The summed E-state index contributed by atoms with van der Waals surface area (Å²) in [5, 5.41) is 7.93. The van der Waals surface area contributed by atoms with Crippen molar-refractivity contribution in [3.05, 3.63) is 0 Å². The maximum Gasteiger partial charge on any atom is 0.0326 e. The van der Waals surface area contributed by atoms with Gasteiger partial charge in [0.15, 0.2) is 0 Å². The monoisotopic (exact) mass is 186 g/mol. The molecule has 2 rings (SSSR count). The van der Waals surface area contributed by atoms with Crippen LogP contribution in [0.15, 0.2) is 0 Å². The molecule has 2 aliphatic heterocycles. The molecule has 0 aliphatic carbocycles. The van der Waals surface area contributed by atoms with E-state index in [-0.39, 0.29) is 0 Å². The molecule has 70 valence electrons. The lowest BCUT2D eigenvalue weighted by Crippen LogP contribution is -2.48. The minimum atomic E-state index is 0.788. The highest BCUT2D eigenvalue weighted by Gasteiger charge is 2.24. The summed E-state index contributed by atoms with van der Waals surface area (Å²) in [5.74, 6) is 1.29. The van der Waals surface area contributed by atoms with Crippen LogP contribution in [0.5, 0.6) is 0 Å². The SMILES string of the molecule is C1CCC(C2CNCCS2)NC1. The molecular formula is C9H18N2S. The van der Waals surface area contributed by atoms with Crippen LogP contribution in [0.4, 0.5) is 0 Å². The summed E-state index contributed by atoms with van der Waals surface area (Å²) in [5.41, 5.74) is 0. The van der Waals surface area contributed by atoms with Crippen LogP contribution in [0.3, 0.4) is 0 Å². The maximum absolute atomic E-state index is 3.63. The zero-order chi connectivity index (χ0) is 8.23. The second kappa shape index (κ2) is 4.49. The standard InChI is InChI=1S/C9H18N2S/c1-2-4-11-8(3-1)9-7-10-5-6-12-9/h8-11H,1-7H2. The van der Waals surface area contributed by atoms with Gasteiger partial charge < -0.3 is 10.6 Å². The summed E-state index contributed by atoms with van der Waals surface area (Å²) in [6, 6.07) is 0.788. The van der Waals surface area contributed by atoms with Crippen molar-refractivity contribution in [2.45, 2.75) is 30.6 Å². The fourth-order valence-corrected chi connectivity index (χ4v) is 3.31. The van der Waals surface area contributed by atoms with E-state index in [1.807, 2.05) is 0 Å². The first-order chi connectivity index (χ1) is 5.97. The molecule has 0 aromatic carbocycles. The molecule has 0 aromatic heterocycles. The number of piperidine rings is 1. The smallest absolute Gasteiger partial charge is 0.0326 e. The maximum atomic E-state index is 3.63. The minimum Gasteiger partial charge on any atom is -0.315 e. The van der Waals surface area contributed by atoms with Gasteiger partial charge in [0.2, 0.25) is 0 Å². The Kier molecular flexibility index (Phi) is 3.31. The van der Waals surface area contributed by atoms with E-state index < -0.39 is 0 Å². The van der Waals surface area contributed by atoms with Gasteiger partial charge in [0.1, 0.15) is 0 Å². The van der Waals surface area contributed by atoms with E-state index in [4.69, 9.17) is 0 Å². The molecule has 2 N–H and O–H groups in total. The van der Waals surface area contributed by atoms with Crippen molar-refractivity contribution >= 4 is 11.8 Å². The van der Waals surface area contributed by atoms with E-state index in [1.165, 1.54) is 44.6 Å². The van der Waals surface area contributed by atoms with Gasteiger partial charge in [0, 0.05) is 30.1 Å². The van der Waals surface area contributed by atoms with Gasteiger partial charge in [0.05, 0.1) is 0 Å². The average molecular weight is 186 g/mol. The van der Waals surface area contributed by atoms with Gasteiger partial charge in [-0.3, -0.25) is 0 Å². The predicted molar refractivity (Wildman–Crippen MR) is 54.8 cm³/mol. The quantitative estimate of drug-likeness (QED) is 0.634. The molecule has 0 radical (unpaired) electrons. The Morgan fingerprint density at radius 2 is 2.17 bits per heavy atom. The van der Waals surface area contributed by atoms with Crippen molar-refractivity contribution in [1.29, 1.82) is 0 Å². The van der Waals surface area contributed by atoms with E-state index in [2.05, 4.69) is 22.4 Å². The van der Waals surface area contributed by atoms with E-state index in [9.17, 15) is 0 Å². The second-order valence-corrected chi connectivity index (χ2v) is 5.02. The normalized spacial score (nSPS) is 38.0. The molecule has 2 fully saturated rings. The van der Waals surface area contributed by atoms with Gasteiger partial charge in [-0.15, -0.1) is 0 Å². The first-order valence-corrected chi connectivity index (χ1v) is 6.07. The van der Waals surface area contributed by atoms with Crippen LogP contribution in [-0.2, 0) is 0 Å². The predicted octanol–water partition coefficient (Wildman–Crippen LogP) is 0.834. The van der Waals surface area contributed by atoms with E-state index in [1.54, 1.807) is 0 Å². The number of rotatable bonds is 1. The first kappa shape index (κ1) is 8.85. The molecule has 2 nitrogen and oxygen atoms in total. The van der Waals surface area contributed by atoms with E-state index in [0.29, 0.717) is 0 Å². The molecule has 0 amide bonds. The highest BCUT2D eigenvalue weighted by Crippen LogP contribution is 2.22. The average Bonchev–Trinajstić information content (AvgIpc) is 2.21. The first-order valence-electron chi connectivity index (χ1n) is 5.02. The van der Waals surface area contributed by atoms with Crippen molar-refractivity contribution in [3.8, 4) is 0 Å². The molecule has 2 saturated heterocycles. The van der Waals surface area contributed by atoms with Crippen LogP contribution >= 0.6 is 11.8 Å². The Bertz CT molecular complexity index is 112. The third-order valence-electron chi connectivity index (χ3n) is 2.75. The number of nitrogens with one attached hydrogen (secondary N) is 2. The van der Waals surface area contributed by atoms with Gasteiger partial charge >= 0.3 is 0 Å². The topological polar surface area (TPSA) is 24.1 Å². The minimum absolute atomic E-state index is 0.788. The Labute approximate surface area is 78.9 Å². The van der Waals surface area contributed by atoms with Crippen LogP contribution < -0.4 is 10.6 Å². The lowest BCUT2D eigenvalue weighted by atomic mass is 10.0. The molecule has 0 aromatic rings. The van der Waals surface area contributed by atoms with Crippen LogP contribution in [0.25, 0.3) is 0 Å². The third kappa shape index (κ3) is 2.15. The number of hydrogen-bond acceptors (Lipinski definition) is 3. The highest BCUT2D eigenvalue weighted by atomic mass is 32.2. The van der Waals surface area contributed by atoms with Crippen molar-refractivity contribution in [2.24, 2.45) is 0 Å². The molecule has 12 heavy (non-hydrogen) atoms. The Morgan fingerprint density at radius 1 is 1.17 bits per heavy atom. The summed E-state index contributed by atoms with van der Waals surface area (Å²) in [4.78, 5) is 0. The fraction of sp³-hybridized carbons (Fsp3) is 1.00. The van der Waals surface area contributed by atoms with Gasteiger partial charge in [-0.1, -0.05) is 6.42 Å². The number of hydrogen-bond donors (Lipinski definition) is 2. The second-order valence-electron chi connectivity index (χ2n) is 3.67. The van der Waals surface area contributed by atoms with Crippen molar-refractivity contribution in [2.75, 3.05) is 25.4 Å². The van der Waals surface area contributed by atoms with Crippen molar-refractivity contribution in [1.82, 2.24) is 10.6 Å². The summed E-state index contributed by atoms with van der Waals surface area (Å²) in [6.07, 6.45) is 4.19. The largest absolute Gasteiger partial charge is 0.315 e. The third-order valence-corrected chi connectivity index (χ3v) is 4.12. The lowest BCUT2D eigenvalue weighted by Gasteiger charge is -2.33. The molecule has 2 heterocycles. The molecule has 0 spiro atoms. The Hall–Kier alpha value is 0.270. The molecule has 0 saturated carbocycles. The van der Waals surface area contributed by atoms with Gasteiger partial charge in [-0.25, -0.2) is 0 Å². The molecular weight excluding hydrogens is 168 g/mol. The summed E-state index contributed by atoms with van der Waals surface area (Å²) in [7, 11) is 0. The zero-order valence-electron chi connectivity index (χ0n) is 7.51. The van der Waals surface area contributed by atoms with Gasteiger partial charge in [-0.05, 0) is 19.4 Å². The van der Waals surface area contributed by atoms with Gasteiger partial charge in [0.25, 0.3) is 0 Å². The van der Waals surface area contributed by atoms with Crippen molar-refractivity contribution < 1.29 is 0 Å². The summed E-state index contributed by atoms with van der Waals surface area (Å²) >= 11 is 2.14. The zero-order valence-corrected chi connectivity index (χ0v) is 8.33. The molecule has 2 aliphatic rings. The molecule has 2 unspecified atom stereocenters. The Morgan fingerprint density at radius 3 is 2.83 bits per heavy atom. The summed E-state index contributed by atoms with van der Waals surface area (Å²) in [6.45, 7) is 3.65. The van der Waals surface area contributed by atoms with E-state index >= 15 is 0 Å². The van der Waals surface area contributed by atoms with Crippen LogP contribution in [-0.4, -0.2) is 36.7 Å². The Balaban J connectivity index is 1.80. The molecule has 2 atom stereocenters. The fourth-order valence-electron chi connectivity index (χ4n) is 2.04.